The van der Waals surface area contributed by atoms with Crippen molar-refractivity contribution in [3.05, 3.63) is 39.0 Å². The van der Waals surface area contributed by atoms with Crippen LogP contribution in [-0.4, -0.2) is 27.7 Å². The minimum Gasteiger partial charge on any atom is -0.495 e. The van der Waals surface area contributed by atoms with Gasteiger partial charge in [-0.05, 0) is 26.0 Å². The third-order valence-corrected chi connectivity index (χ3v) is 3.20. The number of ether oxygens (including phenoxy) is 1. The lowest BCUT2D eigenvalue weighted by atomic mass is 10.1. The Kier molecular flexibility index (Phi) is 3.13. The summed E-state index contributed by atoms with van der Waals surface area (Å²) in [7, 11) is 1.42. The molecule has 0 fully saturated rings. The molecule has 7 nitrogen and oxygen atoms in total. The molecule has 1 aromatic carbocycles. The molecule has 2 N–H and O–H groups in total. The maximum Gasteiger partial charge on any atom is 0.329 e. The molecule has 0 saturated heterocycles. The Morgan fingerprint density at radius 3 is 2.55 bits per heavy atom. The number of hydrogen-bond acceptors (Lipinski definition) is 4. The number of fused-ring (bicyclic) bond motifs is 1. The summed E-state index contributed by atoms with van der Waals surface area (Å²) >= 11 is 0. The zero-order valence-electron chi connectivity index (χ0n) is 11.3. The predicted molar refractivity (Wildman–Crippen MR) is 72.3 cm³/mol. The molecule has 0 atom stereocenters. The molecular weight excluding hydrogens is 264 g/mol. The van der Waals surface area contributed by atoms with Gasteiger partial charge in [-0.2, -0.15) is 0 Å². The van der Waals surface area contributed by atoms with Crippen LogP contribution in [-0.2, 0) is 10.3 Å². The molecule has 1 aromatic heterocycles. The minimum absolute atomic E-state index is 0.193. The molecule has 2 rings (SSSR count). The number of nitrogens with one attached hydrogen (secondary N) is 1. The van der Waals surface area contributed by atoms with Crippen LogP contribution in [0.5, 0.6) is 5.75 Å². The van der Waals surface area contributed by atoms with E-state index in [1.54, 1.807) is 12.1 Å². The molecule has 20 heavy (non-hydrogen) atoms. The smallest absolute Gasteiger partial charge is 0.329 e. The van der Waals surface area contributed by atoms with Gasteiger partial charge in [0.05, 0.1) is 18.0 Å². The number of aliphatic carboxylic acids is 1. The van der Waals surface area contributed by atoms with E-state index in [2.05, 4.69) is 4.98 Å². The number of carbonyl (C=O) groups is 1. The zero-order valence-corrected chi connectivity index (χ0v) is 11.3. The maximum absolute atomic E-state index is 12.4. The number of rotatable bonds is 3. The van der Waals surface area contributed by atoms with Crippen molar-refractivity contribution < 1.29 is 14.6 Å². The molecule has 0 bridgehead atoms. The van der Waals surface area contributed by atoms with Crippen molar-refractivity contribution in [2.45, 2.75) is 19.4 Å². The van der Waals surface area contributed by atoms with Gasteiger partial charge in [-0.15, -0.1) is 0 Å². The van der Waals surface area contributed by atoms with Crippen LogP contribution in [0.25, 0.3) is 10.9 Å². The fraction of sp³-hybridized carbons (Fsp3) is 0.308. The second-order valence-electron chi connectivity index (χ2n) is 4.82. The molecule has 0 spiro atoms. The molecule has 0 aliphatic heterocycles. The Morgan fingerprint density at radius 1 is 1.35 bits per heavy atom. The zero-order chi connectivity index (χ0) is 15.1. The lowest BCUT2D eigenvalue weighted by Gasteiger charge is -2.21. The molecule has 1 heterocycles. The lowest BCUT2D eigenvalue weighted by molar-refractivity contribution is -0.146. The van der Waals surface area contributed by atoms with Crippen LogP contribution >= 0.6 is 0 Å². The van der Waals surface area contributed by atoms with E-state index >= 15 is 0 Å². The highest BCUT2D eigenvalue weighted by atomic mass is 16.5. The summed E-state index contributed by atoms with van der Waals surface area (Å²) < 4.78 is 5.77. The number of benzene rings is 1. The van der Waals surface area contributed by atoms with Crippen molar-refractivity contribution in [2.24, 2.45) is 0 Å². The van der Waals surface area contributed by atoms with Crippen LogP contribution < -0.4 is 16.0 Å². The molecule has 2 aromatic rings. The Labute approximate surface area is 113 Å². The molecule has 7 heteroatoms. The molecular formula is C13H14N2O5. The number of carboxylic acid groups (broad SMARTS) is 1. The van der Waals surface area contributed by atoms with Gasteiger partial charge in [-0.25, -0.2) is 14.2 Å². The average molecular weight is 278 g/mol. The fourth-order valence-corrected chi connectivity index (χ4v) is 1.99. The van der Waals surface area contributed by atoms with Crippen LogP contribution in [0.1, 0.15) is 13.8 Å². The van der Waals surface area contributed by atoms with E-state index in [0.29, 0.717) is 10.3 Å². The normalized spacial score (nSPS) is 11.6. The van der Waals surface area contributed by atoms with Crippen LogP contribution in [0.3, 0.4) is 0 Å². The van der Waals surface area contributed by atoms with Gasteiger partial charge in [0.1, 0.15) is 11.3 Å². The van der Waals surface area contributed by atoms with Crippen molar-refractivity contribution in [3.8, 4) is 5.75 Å². The Hall–Kier alpha value is -2.57. The van der Waals surface area contributed by atoms with Crippen molar-refractivity contribution in [3.63, 3.8) is 0 Å². The number of aromatic amines is 1. The molecule has 0 radical (unpaired) electrons. The number of aromatic nitrogens is 2. The third-order valence-electron chi connectivity index (χ3n) is 3.20. The lowest BCUT2D eigenvalue weighted by Crippen LogP contribution is -2.50. The number of hydrogen-bond donors (Lipinski definition) is 2. The highest BCUT2D eigenvalue weighted by Gasteiger charge is 2.33. The van der Waals surface area contributed by atoms with E-state index in [1.165, 1.54) is 27.0 Å². The first-order valence-electron chi connectivity index (χ1n) is 5.86. The molecule has 106 valence electrons. The second-order valence-corrected chi connectivity index (χ2v) is 4.82. The van der Waals surface area contributed by atoms with Gasteiger partial charge < -0.3 is 14.8 Å². The van der Waals surface area contributed by atoms with Gasteiger partial charge in [-0.1, -0.05) is 6.07 Å². The summed E-state index contributed by atoms with van der Waals surface area (Å²) in [4.78, 5) is 38.2. The van der Waals surface area contributed by atoms with Crippen molar-refractivity contribution in [1.82, 2.24) is 9.55 Å². The number of methoxy groups -OCH3 is 1. The monoisotopic (exact) mass is 278 g/mol. The first-order chi connectivity index (χ1) is 9.30. The van der Waals surface area contributed by atoms with Crippen molar-refractivity contribution >= 4 is 16.9 Å². The summed E-state index contributed by atoms with van der Waals surface area (Å²) in [5.41, 5.74) is -2.86. The highest BCUT2D eigenvalue weighted by molar-refractivity contribution is 5.84. The van der Waals surface area contributed by atoms with Gasteiger partial charge >= 0.3 is 11.7 Å². The molecule has 0 saturated carbocycles. The topological polar surface area (TPSA) is 101 Å². The SMILES string of the molecule is COc1cccc2c(=O)n(C(C)(C)C(=O)O)c(=O)[nH]c12. The van der Waals surface area contributed by atoms with E-state index in [9.17, 15) is 19.5 Å². The quantitative estimate of drug-likeness (QED) is 0.852. The van der Waals surface area contributed by atoms with E-state index < -0.39 is 22.8 Å². The van der Waals surface area contributed by atoms with E-state index in [4.69, 9.17) is 4.74 Å². The first-order valence-corrected chi connectivity index (χ1v) is 5.86. The van der Waals surface area contributed by atoms with Gasteiger partial charge in [0.15, 0.2) is 0 Å². The van der Waals surface area contributed by atoms with Crippen molar-refractivity contribution in [1.29, 1.82) is 0 Å². The van der Waals surface area contributed by atoms with E-state index in [1.807, 2.05) is 0 Å². The summed E-state index contributed by atoms with van der Waals surface area (Å²) in [5.74, 6) is -0.927. The standard InChI is InChI=1S/C13H14N2O5/c1-13(2,11(17)18)15-10(16)7-5-4-6-8(20-3)9(7)14-12(15)19/h4-6H,1-3H3,(H,14,19)(H,17,18). The van der Waals surface area contributed by atoms with Gasteiger partial charge in [-0.3, -0.25) is 4.79 Å². The Morgan fingerprint density at radius 2 is 2.00 bits per heavy atom. The highest BCUT2D eigenvalue weighted by Crippen LogP contribution is 2.20. The fourth-order valence-electron chi connectivity index (χ4n) is 1.99. The first kappa shape index (κ1) is 13.9. The van der Waals surface area contributed by atoms with Crippen LogP contribution in [0, 0.1) is 0 Å². The van der Waals surface area contributed by atoms with Crippen LogP contribution in [0.15, 0.2) is 27.8 Å². The number of carboxylic acids is 1. The third kappa shape index (κ3) is 1.87. The van der Waals surface area contributed by atoms with Crippen LogP contribution in [0.4, 0.5) is 0 Å². The summed E-state index contributed by atoms with van der Waals surface area (Å²) in [5, 5.41) is 9.37. The van der Waals surface area contributed by atoms with Gasteiger partial charge in [0, 0.05) is 0 Å². The number of H-pyrrole nitrogens is 1. The largest absolute Gasteiger partial charge is 0.495 e. The summed E-state index contributed by atoms with van der Waals surface area (Å²) in [6.45, 7) is 2.58. The van der Waals surface area contributed by atoms with Crippen LogP contribution in [0.2, 0.25) is 0 Å². The van der Waals surface area contributed by atoms with E-state index in [0.717, 1.165) is 0 Å². The number of para-hydroxylation sites is 1. The molecule has 0 amide bonds. The number of nitrogens with zero attached hydrogens (tertiary/aromatic N) is 1. The van der Waals surface area contributed by atoms with Gasteiger partial charge in [0.25, 0.3) is 5.56 Å². The molecule has 0 unspecified atom stereocenters. The predicted octanol–water partition coefficient (Wildman–Crippen LogP) is 0.518. The van der Waals surface area contributed by atoms with E-state index in [-0.39, 0.29) is 10.9 Å². The Balaban J connectivity index is 2.95. The average Bonchev–Trinajstić information content (AvgIpc) is 2.37. The molecule has 0 aliphatic rings. The van der Waals surface area contributed by atoms with Crippen molar-refractivity contribution in [2.75, 3.05) is 7.11 Å². The second kappa shape index (κ2) is 4.52. The maximum atomic E-state index is 12.4. The van der Waals surface area contributed by atoms with Gasteiger partial charge in [0.2, 0.25) is 0 Å². The summed E-state index contributed by atoms with van der Waals surface area (Å²) in [6.07, 6.45) is 0. The minimum atomic E-state index is -1.65. The molecule has 0 aliphatic carbocycles. The Bertz CT molecular complexity index is 800. The summed E-state index contributed by atoms with van der Waals surface area (Å²) in [6, 6.07) is 4.70.